The highest BCUT2D eigenvalue weighted by molar-refractivity contribution is 7.88. The van der Waals surface area contributed by atoms with Crippen LogP contribution in [-0.2, 0) is 51.8 Å². The number of β-amino-alcohol motifs (C(OH)–C–C–N with tert-alkyl or cyclic N) is 1. The van der Waals surface area contributed by atoms with E-state index in [0.29, 0.717) is 42.9 Å². The second kappa shape index (κ2) is 14.9. The summed E-state index contributed by atoms with van der Waals surface area (Å²) in [6.07, 6.45) is -0.274. The summed E-state index contributed by atoms with van der Waals surface area (Å²) >= 11 is 0. The van der Waals surface area contributed by atoms with Crippen molar-refractivity contribution in [2.75, 3.05) is 45.5 Å². The van der Waals surface area contributed by atoms with E-state index in [-0.39, 0.29) is 61.8 Å². The number of aromatic nitrogens is 2. The highest BCUT2D eigenvalue weighted by Crippen LogP contribution is 2.37. The van der Waals surface area contributed by atoms with Gasteiger partial charge in [0.1, 0.15) is 0 Å². The summed E-state index contributed by atoms with van der Waals surface area (Å²) in [6, 6.07) is 3.64. The summed E-state index contributed by atoms with van der Waals surface area (Å²) in [5.74, 6) is -0.0775. The van der Waals surface area contributed by atoms with Crippen molar-refractivity contribution in [3.63, 3.8) is 0 Å². The molecule has 0 bridgehead atoms. The molecule has 2 aromatic rings. The third-order valence-electron chi connectivity index (χ3n) is 9.53. The van der Waals surface area contributed by atoms with Gasteiger partial charge in [0, 0.05) is 74.8 Å². The van der Waals surface area contributed by atoms with E-state index in [1.54, 1.807) is 4.68 Å². The van der Waals surface area contributed by atoms with E-state index in [1.165, 1.54) is 16.4 Å². The van der Waals surface area contributed by atoms with Crippen LogP contribution in [0.5, 0.6) is 0 Å². The number of fused-ring (bicyclic) bond motifs is 1. The van der Waals surface area contributed by atoms with Crippen LogP contribution in [0.25, 0.3) is 11.3 Å². The van der Waals surface area contributed by atoms with Crippen molar-refractivity contribution in [2.24, 2.45) is 11.8 Å². The van der Waals surface area contributed by atoms with Gasteiger partial charge in [0.05, 0.1) is 30.2 Å². The Hall–Kier alpha value is -3.01. The zero-order chi connectivity index (χ0) is 34.8. The second-order valence-electron chi connectivity index (χ2n) is 13.8. The number of hydrogen-bond donors (Lipinski definition) is 2. The normalized spacial score (nSPS) is 19.1. The van der Waals surface area contributed by atoms with Crippen LogP contribution < -0.4 is 5.32 Å². The van der Waals surface area contributed by atoms with Gasteiger partial charge in [0.2, 0.25) is 21.8 Å². The van der Waals surface area contributed by atoms with Gasteiger partial charge < -0.3 is 20.2 Å². The quantitative estimate of drug-likeness (QED) is 0.370. The molecule has 0 spiro atoms. The number of hydrogen-bond acceptors (Lipinski definition) is 7. The number of rotatable bonds is 11. The van der Waals surface area contributed by atoms with Gasteiger partial charge in [-0.2, -0.15) is 22.6 Å². The van der Waals surface area contributed by atoms with E-state index >= 15 is 0 Å². The number of alkyl halides is 3. The van der Waals surface area contributed by atoms with Crippen molar-refractivity contribution in [1.82, 2.24) is 29.2 Å². The lowest BCUT2D eigenvalue weighted by atomic mass is 9.95. The first-order chi connectivity index (χ1) is 22.6. The monoisotopic (exact) mass is 696 g/mol. The number of carbonyl (C=O) groups is 2. The van der Waals surface area contributed by atoms with Crippen LogP contribution in [0.15, 0.2) is 18.2 Å². The molecule has 5 rings (SSSR count). The third-order valence-corrected chi connectivity index (χ3v) is 10.8. The summed E-state index contributed by atoms with van der Waals surface area (Å²) in [5, 5.41) is 18.5. The van der Waals surface area contributed by atoms with Crippen LogP contribution in [-0.4, -0.2) is 101 Å². The first-order valence-corrected chi connectivity index (χ1v) is 18.6. The van der Waals surface area contributed by atoms with Crippen LogP contribution in [0.2, 0.25) is 0 Å². The van der Waals surface area contributed by atoms with E-state index in [0.717, 1.165) is 56.8 Å². The summed E-state index contributed by atoms with van der Waals surface area (Å²) in [6.45, 7) is 7.10. The average Bonchev–Trinajstić information content (AvgIpc) is 3.67. The number of nitrogens with one attached hydrogen (secondary N) is 1. The molecule has 0 aliphatic carbocycles. The van der Waals surface area contributed by atoms with E-state index in [2.05, 4.69) is 10.2 Å². The maximum atomic E-state index is 14.0. The first-order valence-electron chi connectivity index (χ1n) is 16.8. The van der Waals surface area contributed by atoms with E-state index in [9.17, 15) is 36.3 Å². The lowest BCUT2D eigenvalue weighted by Gasteiger charge is -2.34. The van der Waals surface area contributed by atoms with E-state index < -0.39 is 27.9 Å². The number of aliphatic hydroxyl groups excluding tert-OH is 1. The van der Waals surface area contributed by atoms with Gasteiger partial charge in [-0.1, -0.05) is 19.9 Å². The van der Waals surface area contributed by atoms with Gasteiger partial charge in [-0.25, -0.2) is 8.42 Å². The van der Waals surface area contributed by atoms with Crippen LogP contribution in [0.4, 0.5) is 13.2 Å². The topological polar surface area (TPSA) is 128 Å². The van der Waals surface area contributed by atoms with Crippen LogP contribution in [0.3, 0.4) is 0 Å². The van der Waals surface area contributed by atoms with Crippen molar-refractivity contribution < 1.29 is 36.3 Å². The number of amides is 2. The zero-order valence-corrected chi connectivity index (χ0v) is 28.7. The molecule has 48 heavy (non-hydrogen) atoms. The molecule has 2 fully saturated rings. The smallest absolute Gasteiger partial charge is 0.390 e. The minimum Gasteiger partial charge on any atom is -0.390 e. The number of piperidine rings is 1. The minimum atomic E-state index is -4.65. The first kappa shape index (κ1) is 36.3. The molecular weight excluding hydrogens is 649 g/mol. The summed E-state index contributed by atoms with van der Waals surface area (Å²) < 4.78 is 69.9. The molecule has 15 heteroatoms. The molecule has 1 atom stereocenters. The van der Waals surface area contributed by atoms with E-state index in [1.807, 2.05) is 18.7 Å². The number of carbonyl (C=O) groups excluding carboxylic acids is 2. The Labute approximate surface area is 280 Å². The fourth-order valence-corrected chi connectivity index (χ4v) is 7.83. The Balaban J connectivity index is 1.36. The number of sulfonamides is 1. The van der Waals surface area contributed by atoms with Crippen molar-refractivity contribution >= 4 is 21.8 Å². The molecule has 1 unspecified atom stereocenters. The Morgan fingerprint density at radius 2 is 1.75 bits per heavy atom. The molecule has 1 aromatic carbocycles. The lowest BCUT2D eigenvalue weighted by molar-refractivity contribution is -0.138. The summed E-state index contributed by atoms with van der Waals surface area (Å²) in [4.78, 5) is 29.2. The summed E-state index contributed by atoms with van der Waals surface area (Å²) in [5.41, 5.74) is 1.02. The number of halogens is 3. The van der Waals surface area contributed by atoms with Gasteiger partial charge in [-0.05, 0) is 62.4 Å². The van der Waals surface area contributed by atoms with Crippen LogP contribution in [0, 0.1) is 11.8 Å². The number of aliphatic hydroxyl groups is 1. The predicted molar refractivity (Wildman–Crippen MR) is 174 cm³/mol. The second-order valence-corrected chi connectivity index (χ2v) is 15.8. The molecule has 0 saturated carbocycles. The lowest BCUT2D eigenvalue weighted by Crippen LogP contribution is -2.44. The fraction of sp³-hybridized carbons (Fsp3) is 0.667. The van der Waals surface area contributed by atoms with Gasteiger partial charge in [0.15, 0.2) is 0 Å². The maximum Gasteiger partial charge on any atom is 0.416 e. The number of likely N-dealkylation sites (tertiary alicyclic amines) is 2. The SMILES string of the molecule is CC(C)CC(=O)NCc1cc(-c2nn(CC(O)CN3CCC(C(=O)N4CCCC4)CC3)c3c2CN(S(C)(=O)=O)CC3)ccc1C(F)(F)F. The van der Waals surface area contributed by atoms with Gasteiger partial charge >= 0.3 is 6.18 Å². The molecule has 2 N–H and O–H groups in total. The molecule has 2 saturated heterocycles. The van der Waals surface area contributed by atoms with Crippen LogP contribution in [0.1, 0.15) is 68.3 Å². The van der Waals surface area contributed by atoms with Gasteiger partial charge in [0.25, 0.3) is 0 Å². The maximum absolute atomic E-state index is 14.0. The van der Waals surface area contributed by atoms with Crippen molar-refractivity contribution in [3.8, 4) is 11.3 Å². The van der Waals surface area contributed by atoms with Gasteiger partial charge in [-0.3, -0.25) is 14.3 Å². The Kier molecular flexibility index (Phi) is 11.2. The fourth-order valence-electron chi connectivity index (χ4n) is 7.05. The molecule has 2 amide bonds. The Bertz CT molecular complexity index is 1580. The third kappa shape index (κ3) is 8.77. The Morgan fingerprint density at radius 3 is 2.38 bits per heavy atom. The van der Waals surface area contributed by atoms with Crippen molar-refractivity contribution in [3.05, 3.63) is 40.6 Å². The number of nitrogens with zero attached hydrogens (tertiary/aromatic N) is 5. The predicted octanol–water partition coefficient (Wildman–Crippen LogP) is 3.24. The van der Waals surface area contributed by atoms with Gasteiger partial charge in [-0.15, -0.1) is 0 Å². The van der Waals surface area contributed by atoms with Crippen LogP contribution >= 0.6 is 0 Å². The molecule has 3 aliphatic rings. The molecular formula is C33H47F3N6O5S. The van der Waals surface area contributed by atoms with E-state index in [4.69, 9.17) is 5.10 Å². The molecule has 266 valence electrons. The highest BCUT2D eigenvalue weighted by Gasteiger charge is 2.35. The Morgan fingerprint density at radius 1 is 1.06 bits per heavy atom. The summed E-state index contributed by atoms with van der Waals surface area (Å²) in [7, 11) is -3.56. The largest absolute Gasteiger partial charge is 0.416 e. The minimum absolute atomic E-state index is 0.000362. The number of benzene rings is 1. The van der Waals surface area contributed by atoms with Crippen molar-refractivity contribution in [2.45, 2.75) is 84.3 Å². The molecule has 3 aliphatic heterocycles. The van der Waals surface area contributed by atoms with Crippen molar-refractivity contribution in [1.29, 1.82) is 0 Å². The molecule has 0 radical (unpaired) electrons. The molecule has 4 heterocycles. The standard InChI is InChI=1S/C33H47F3N6O5S/c1-22(2)16-30(44)37-18-25-17-24(6-7-28(25)33(34,35)36)31-27-21-41(48(3,46)47)15-10-29(27)42(38-31)20-26(43)19-39-13-8-23(9-14-39)32(45)40-11-4-5-12-40/h6-7,17,22-23,26,43H,4-5,8-16,18-21H2,1-3H3,(H,37,44). The highest BCUT2D eigenvalue weighted by atomic mass is 32.2. The average molecular weight is 697 g/mol. The zero-order valence-electron chi connectivity index (χ0n) is 27.9. The molecule has 1 aromatic heterocycles. The molecule has 11 nitrogen and oxygen atoms in total.